The van der Waals surface area contributed by atoms with Gasteiger partial charge in [-0.05, 0) is 42.7 Å². The van der Waals surface area contributed by atoms with Gasteiger partial charge in [0.25, 0.3) is 11.5 Å². The summed E-state index contributed by atoms with van der Waals surface area (Å²) < 4.78 is 2.58. The highest BCUT2D eigenvalue weighted by atomic mass is 32.1. The molecule has 0 aliphatic carbocycles. The summed E-state index contributed by atoms with van der Waals surface area (Å²) in [6.07, 6.45) is 1.60. The number of carbonyl (C=O) groups is 1. The van der Waals surface area contributed by atoms with E-state index in [0.29, 0.717) is 17.2 Å². The smallest absolute Gasteiger partial charge is 0.258 e. The number of amides is 1. The van der Waals surface area contributed by atoms with Crippen LogP contribution in [0.25, 0.3) is 10.2 Å². The number of nitrogens with one attached hydrogen (secondary N) is 1. The Morgan fingerprint density at radius 1 is 1.04 bits per heavy atom. The molecule has 140 valence electrons. The molecule has 0 bridgehead atoms. The Hall–Kier alpha value is -3.25. The number of hydrogen-bond donors (Lipinski definition) is 1. The van der Waals surface area contributed by atoms with Gasteiger partial charge in [-0.1, -0.05) is 47.7 Å². The molecule has 2 aromatic heterocycles. The maximum atomic E-state index is 12.7. The number of anilines is 1. The van der Waals surface area contributed by atoms with Gasteiger partial charge in [0.2, 0.25) is 0 Å². The highest BCUT2D eigenvalue weighted by Crippen LogP contribution is 2.28. The molecule has 1 amide bonds. The first-order valence-corrected chi connectivity index (χ1v) is 9.75. The maximum Gasteiger partial charge on any atom is 0.258 e. The van der Waals surface area contributed by atoms with Gasteiger partial charge in [0.1, 0.15) is 0 Å². The second kappa shape index (κ2) is 7.40. The molecule has 0 aliphatic heterocycles. The van der Waals surface area contributed by atoms with E-state index in [0.717, 1.165) is 26.9 Å². The minimum atomic E-state index is -0.282. The monoisotopic (exact) mass is 389 g/mol. The van der Waals surface area contributed by atoms with E-state index >= 15 is 0 Å². The predicted octanol–water partition coefficient (Wildman–Crippen LogP) is 4.38. The number of aryl methyl sites for hydroxylation is 2. The molecule has 0 saturated carbocycles. The van der Waals surface area contributed by atoms with Crippen LogP contribution in [0.2, 0.25) is 0 Å². The van der Waals surface area contributed by atoms with E-state index in [1.54, 1.807) is 16.8 Å². The van der Waals surface area contributed by atoms with Gasteiger partial charge < -0.3 is 4.57 Å². The van der Waals surface area contributed by atoms with Gasteiger partial charge in [-0.15, -0.1) is 0 Å². The summed E-state index contributed by atoms with van der Waals surface area (Å²) in [7, 11) is 0. The van der Waals surface area contributed by atoms with E-state index in [1.807, 2.05) is 56.3 Å². The summed E-state index contributed by atoms with van der Waals surface area (Å²) in [6, 6.07) is 16.8. The molecule has 2 heterocycles. The molecule has 2 aromatic carbocycles. The molecule has 0 spiro atoms. The SMILES string of the molecule is Cc1ccccc1Cn1cc(C(=O)Nc2nc3c(C)cccc3s2)ccc1=O. The lowest BCUT2D eigenvalue weighted by molar-refractivity contribution is 0.102. The molecule has 0 radical (unpaired) electrons. The van der Waals surface area contributed by atoms with Gasteiger partial charge in [0.05, 0.1) is 22.3 Å². The van der Waals surface area contributed by atoms with Gasteiger partial charge in [0, 0.05) is 12.3 Å². The summed E-state index contributed by atoms with van der Waals surface area (Å²) in [5.41, 5.74) is 4.39. The van der Waals surface area contributed by atoms with Crippen LogP contribution >= 0.6 is 11.3 Å². The number of thiazole rings is 1. The Morgan fingerprint density at radius 3 is 2.61 bits per heavy atom. The van der Waals surface area contributed by atoms with Crippen molar-refractivity contribution in [3.63, 3.8) is 0 Å². The number of hydrogen-bond acceptors (Lipinski definition) is 4. The molecule has 6 heteroatoms. The molecule has 0 aliphatic rings. The molecule has 28 heavy (non-hydrogen) atoms. The zero-order chi connectivity index (χ0) is 19.7. The summed E-state index contributed by atoms with van der Waals surface area (Å²) in [5, 5.41) is 3.40. The second-order valence-electron chi connectivity index (χ2n) is 6.71. The molecule has 0 atom stereocenters. The maximum absolute atomic E-state index is 12.7. The molecule has 5 nitrogen and oxygen atoms in total. The van der Waals surface area contributed by atoms with E-state index in [1.165, 1.54) is 17.4 Å². The average molecular weight is 389 g/mol. The van der Waals surface area contributed by atoms with Crippen LogP contribution in [-0.2, 0) is 6.54 Å². The lowest BCUT2D eigenvalue weighted by Gasteiger charge is -2.10. The standard InChI is InChI=1S/C22H19N3O2S/c1-14-6-3-4-8-16(14)12-25-13-17(10-11-19(25)26)21(27)24-22-23-20-15(2)7-5-9-18(20)28-22/h3-11,13H,12H2,1-2H3,(H,23,24,27). The average Bonchev–Trinajstić information content (AvgIpc) is 3.09. The summed E-state index contributed by atoms with van der Waals surface area (Å²) >= 11 is 1.43. The van der Waals surface area contributed by atoms with Crippen LogP contribution in [-0.4, -0.2) is 15.5 Å². The van der Waals surface area contributed by atoms with Crippen molar-refractivity contribution < 1.29 is 4.79 Å². The number of nitrogens with zero attached hydrogens (tertiary/aromatic N) is 2. The van der Waals surface area contributed by atoms with Crippen molar-refractivity contribution in [2.45, 2.75) is 20.4 Å². The molecule has 1 N–H and O–H groups in total. The number of pyridine rings is 1. The van der Waals surface area contributed by atoms with E-state index in [9.17, 15) is 9.59 Å². The third-order valence-electron chi connectivity index (χ3n) is 4.69. The first-order valence-electron chi connectivity index (χ1n) is 8.94. The molecular formula is C22H19N3O2S. The van der Waals surface area contributed by atoms with Crippen molar-refractivity contribution in [2.24, 2.45) is 0 Å². The summed E-state index contributed by atoms with van der Waals surface area (Å²) in [6.45, 7) is 4.42. The second-order valence-corrected chi connectivity index (χ2v) is 7.74. The van der Waals surface area contributed by atoms with Gasteiger partial charge in [-0.25, -0.2) is 4.98 Å². The lowest BCUT2D eigenvalue weighted by atomic mass is 10.1. The molecule has 4 rings (SSSR count). The van der Waals surface area contributed by atoms with Crippen molar-refractivity contribution in [2.75, 3.05) is 5.32 Å². The fourth-order valence-corrected chi connectivity index (χ4v) is 4.01. The summed E-state index contributed by atoms with van der Waals surface area (Å²) in [5.74, 6) is -0.282. The number of carbonyl (C=O) groups excluding carboxylic acids is 1. The number of aromatic nitrogens is 2. The van der Waals surface area contributed by atoms with Crippen LogP contribution in [0.4, 0.5) is 5.13 Å². The fraction of sp³-hybridized carbons (Fsp3) is 0.136. The Morgan fingerprint density at radius 2 is 1.82 bits per heavy atom. The first-order chi connectivity index (χ1) is 13.5. The van der Waals surface area contributed by atoms with Gasteiger partial charge >= 0.3 is 0 Å². The third-order valence-corrected chi connectivity index (χ3v) is 5.62. The van der Waals surface area contributed by atoms with Crippen molar-refractivity contribution in [1.29, 1.82) is 0 Å². The minimum absolute atomic E-state index is 0.143. The quantitative estimate of drug-likeness (QED) is 0.563. The highest BCUT2D eigenvalue weighted by Gasteiger charge is 2.12. The van der Waals surface area contributed by atoms with Crippen LogP contribution in [0.3, 0.4) is 0 Å². The minimum Gasteiger partial charge on any atom is -0.310 e. The highest BCUT2D eigenvalue weighted by molar-refractivity contribution is 7.22. The van der Waals surface area contributed by atoms with E-state index in [-0.39, 0.29) is 11.5 Å². The van der Waals surface area contributed by atoms with E-state index < -0.39 is 0 Å². The van der Waals surface area contributed by atoms with Crippen molar-refractivity contribution >= 4 is 32.6 Å². The van der Waals surface area contributed by atoms with Crippen molar-refractivity contribution in [1.82, 2.24) is 9.55 Å². The zero-order valence-corrected chi connectivity index (χ0v) is 16.4. The largest absolute Gasteiger partial charge is 0.310 e. The fourth-order valence-electron chi connectivity index (χ4n) is 3.07. The van der Waals surface area contributed by atoms with Gasteiger partial charge in [0.15, 0.2) is 5.13 Å². The molecule has 0 saturated heterocycles. The number of para-hydroxylation sites is 1. The van der Waals surface area contributed by atoms with Crippen molar-refractivity contribution in [3.8, 4) is 0 Å². The Bertz CT molecular complexity index is 1240. The van der Waals surface area contributed by atoms with Crippen LogP contribution in [0.15, 0.2) is 65.6 Å². The van der Waals surface area contributed by atoms with Crippen molar-refractivity contribution in [3.05, 3.63) is 93.4 Å². The summed E-state index contributed by atoms with van der Waals surface area (Å²) in [4.78, 5) is 29.5. The first kappa shape index (κ1) is 18.1. The Balaban J connectivity index is 1.60. The molecular weight excluding hydrogens is 370 g/mol. The van der Waals surface area contributed by atoms with E-state index in [2.05, 4.69) is 10.3 Å². The van der Waals surface area contributed by atoms with Crippen LogP contribution in [0, 0.1) is 13.8 Å². The van der Waals surface area contributed by atoms with Crippen LogP contribution in [0.5, 0.6) is 0 Å². The Labute approximate surface area is 166 Å². The number of rotatable bonds is 4. The van der Waals surface area contributed by atoms with Gasteiger partial charge in [-0.2, -0.15) is 0 Å². The Kier molecular flexibility index (Phi) is 4.79. The normalized spacial score (nSPS) is 10.9. The molecule has 4 aromatic rings. The molecule has 0 unspecified atom stereocenters. The zero-order valence-electron chi connectivity index (χ0n) is 15.6. The molecule has 0 fully saturated rings. The predicted molar refractivity (Wildman–Crippen MR) is 113 cm³/mol. The van der Waals surface area contributed by atoms with E-state index in [4.69, 9.17) is 0 Å². The topological polar surface area (TPSA) is 64.0 Å². The lowest BCUT2D eigenvalue weighted by Crippen LogP contribution is -2.22. The van der Waals surface area contributed by atoms with Gasteiger partial charge in [-0.3, -0.25) is 14.9 Å². The number of fused-ring (bicyclic) bond motifs is 1. The van der Waals surface area contributed by atoms with Crippen LogP contribution < -0.4 is 10.9 Å². The van der Waals surface area contributed by atoms with Crippen LogP contribution in [0.1, 0.15) is 27.0 Å². The number of benzene rings is 2. The third kappa shape index (κ3) is 3.59.